The molecule has 0 aliphatic carbocycles. The first-order valence-electron chi connectivity index (χ1n) is 6.10. The van der Waals surface area contributed by atoms with E-state index < -0.39 is 23.7 Å². The van der Waals surface area contributed by atoms with E-state index in [0.29, 0.717) is 6.42 Å². The number of hydrogen-bond donors (Lipinski definition) is 1. The Bertz CT molecular complexity index is 525. The number of methoxy groups -OCH3 is 1. The second-order valence-electron chi connectivity index (χ2n) is 4.08. The molecule has 20 heavy (non-hydrogen) atoms. The van der Waals surface area contributed by atoms with Crippen molar-refractivity contribution in [3.63, 3.8) is 0 Å². The van der Waals surface area contributed by atoms with E-state index in [-0.39, 0.29) is 18.4 Å². The Kier molecular flexibility index (Phi) is 6.17. The maximum atomic E-state index is 13.5. The molecule has 0 fully saturated rings. The molecular formula is C14H15FN2O3. The molecule has 1 N–H and O–H groups in total. The maximum absolute atomic E-state index is 13.5. The van der Waals surface area contributed by atoms with Crippen molar-refractivity contribution in [3.05, 3.63) is 35.6 Å². The van der Waals surface area contributed by atoms with Gasteiger partial charge in [-0.1, -0.05) is 12.1 Å². The van der Waals surface area contributed by atoms with Crippen molar-refractivity contribution in [1.29, 1.82) is 5.26 Å². The fourth-order valence-corrected chi connectivity index (χ4v) is 1.66. The molecule has 0 unspecified atom stereocenters. The van der Waals surface area contributed by atoms with E-state index in [1.807, 2.05) is 6.07 Å². The Balaban J connectivity index is 2.74. The zero-order chi connectivity index (χ0) is 15.0. The van der Waals surface area contributed by atoms with Crippen LogP contribution >= 0.6 is 0 Å². The third-order valence-electron chi connectivity index (χ3n) is 2.69. The molecule has 0 aliphatic heterocycles. The van der Waals surface area contributed by atoms with Gasteiger partial charge in [0.2, 0.25) is 0 Å². The Morgan fingerprint density at radius 3 is 2.75 bits per heavy atom. The first-order chi connectivity index (χ1) is 9.60. The number of nitrogens with zero attached hydrogens (tertiary/aromatic N) is 1. The number of rotatable bonds is 6. The second kappa shape index (κ2) is 7.89. The van der Waals surface area contributed by atoms with Crippen LogP contribution in [0.3, 0.4) is 0 Å². The number of ether oxygens (including phenoxy) is 1. The average molecular weight is 278 g/mol. The lowest BCUT2D eigenvalue weighted by molar-refractivity contribution is -0.143. The molecule has 1 rings (SSSR count). The summed E-state index contributed by atoms with van der Waals surface area (Å²) in [5.74, 6) is -1.96. The molecule has 0 aromatic heterocycles. The number of nitriles is 1. The van der Waals surface area contributed by atoms with Crippen LogP contribution in [0.4, 0.5) is 4.39 Å². The van der Waals surface area contributed by atoms with Crippen LogP contribution in [0.25, 0.3) is 0 Å². The highest BCUT2D eigenvalue weighted by atomic mass is 19.1. The van der Waals surface area contributed by atoms with Crippen molar-refractivity contribution >= 4 is 11.9 Å². The van der Waals surface area contributed by atoms with Crippen LogP contribution in [-0.4, -0.2) is 25.0 Å². The summed E-state index contributed by atoms with van der Waals surface area (Å²) in [6.45, 7) is 0. The molecule has 1 amide bonds. The molecule has 0 saturated heterocycles. The lowest BCUT2D eigenvalue weighted by Crippen LogP contribution is -2.41. The summed E-state index contributed by atoms with van der Waals surface area (Å²) in [6, 6.07) is 6.55. The van der Waals surface area contributed by atoms with Gasteiger partial charge in [-0.25, -0.2) is 9.18 Å². The molecule has 0 radical (unpaired) electrons. The number of hydrogen-bond acceptors (Lipinski definition) is 4. The Morgan fingerprint density at radius 1 is 1.45 bits per heavy atom. The summed E-state index contributed by atoms with van der Waals surface area (Å²) in [6.07, 6.45) is 0.970. The summed E-state index contributed by atoms with van der Waals surface area (Å²) < 4.78 is 18.0. The second-order valence-corrected chi connectivity index (χ2v) is 4.08. The molecule has 1 aromatic carbocycles. The number of benzene rings is 1. The first kappa shape index (κ1) is 15.6. The van der Waals surface area contributed by atoms with E-state index in [1.165, 1.54) is 25.3 Å². The lowest BCUT2D eigenvalue weighted by atomic mass is 10.1. The van der Waals surface area contributed by atoms with Crippen LogP contribution in [-0.2, 0) is 9.53 Å². The number of unbranched alkanes of at least 4 members (excludes halogenated alkanes) is 1. The SMILES string of the molecule is COC(=O)[C@H](CCCC#N)NC(=O)c1ccccc1F. The fourth-order valence-electron chi connectivity index (χ4n) is 1.66. The highest BCUT2D eigenvalue weighted by molar-refractivity contribution is 5.96. The van der Waals surface area contributed by atoms with Gasteiger partial charge in [-0.15, -0.1) is 0 Å². The number of esters is 1. The maximum Gasteiger partial charge on any atom is 0.328 e. The predicted octanol–water partition coefficient (Wildman–Crippen LogP) is 1.79. The average Bonchev–Trinajstić information content (AvgIpc) is 2.45. The van der Waals surface area contributed by atoms with E-state index in [9.17, 15) is 14.0 Å². The van der Waals surface area contributed by atoms with E-state index in [1.54, 1.807) is 0 Å². The van der Waals surface area contributed by atoms with Gasteiger partial charge in [0, 0.05) is 6.42 Å². The molecule has 0 heterocycles. The Hall–Kier alpha value is -2.42. The van der Waals surface area contributed by atoms with Gasteiger partial charge >= 0.3 is 5.97 Å². The quantitative estimate of drug-likeness (QED) is 0.635. The van der Waals surface area contributed by atoms with E-state index in [0.717, 1.165) is 6.07 Å². The number of halogens is 1. The van der Waals surface area contributed by atoms with Gasteiger partial charge in [-0.3, -0.25) is 4.79 Å². The van der Waals surface area contributed by atoms with Gasteiger partial charge < -0.3 is 10.1 Å². The zero-order valence-corrected chi connectivity index (χ0v) is 11.1. The van der Waals surface area contributed by atoms with Crippen molar-refractivity contribution < 1.29 is 18.7 Å². The molecule has 0 aliphatic rings. The lowest BCUT2D eigenvalue weighted by Gasteiger charge is -2.16. The number of carbonyl (C=O) groups is 2. The van der Waals surface area contributed by atoms with Crippen LogP contribution in [0, 0.1) is 17.1 Å². The topological polar surface area (TPSA) is 79.2 Å². The van der Waals surface area contributed by atoms with Gasteiger partial charge in [0.15, 0.2) is 0 Å². The zero-order valence-electron chi connectivity index (χ0n) is 11.1. The minimum Gasteiger partial charge on any atom is -0.467 e. The third-order valence-corrected chi connectivity index (χ3v) is 2.69. The van der Waals surface area contributed by atoms with Gasteiger partial charge in [0.05, 0.1) is 18.7 Å². The standard InChI is InChI=1S/C14H15FN2O3/c1-20-14(19)12(8-4-5-9-16)17-13(18)10-6-2-3-7-11(10)15/h2-3,6-7,12H,4-5,8H2,1H3,(H,17,18)/t12-/m0/s1. The number of carbonyl (C=O) groups excluding carboxylic acids is 2. The van der Waals surface area contributed by atoms with Crippen LogP contribution in [0.15, 0.2) is 24.3 Å². The summed E-state index contributed by atoms with van der Waals surface area (Å²) in [4.78, 5) is 23.4. The van der Waals surface area contributed by atoms with E-state index in [2.05, 4.69) is 10.1 Å². The van der Waals surface area contributed by atoms with Crippen molar-refractivity contribution in [1.82, 2.24) is 5.32 Å². The number of nitrogens with one attached hydrogen (secondary N) is 1. The van der Waals surface area contributed by atoms with Gasteiger partial charge in [-0.2, -0.15) is 5.26 Å². The third kappa shape index (κ3) is 4.35. The highest BCUT2D eigenvalue weighted by Crippen LogP contribution is 2.08. The van der Waals surface area contributed by atoms with Gasteiger partial charge in [0.25, 0.3) is 5.91 Å². The number of amides is 1. The van der Waals surface area contributed by atoms with E-state index in [4.69, 9.17) is 5.26 Å². The summed E-state index contributed by atoms with van der Waals surface area (Å²) in [5.41, 5.74) is -0.137. The van der Waals surface area contributed by atoms with Crippen molar-refractivity contribution in [2.24, 2.45) is 0 Å². The van der Waals surface area contributed by atoms with Crippen molar-refractivity contribution in [3.8, 4) is 6.07 Å². The van der Waals surface area contributed by atoms with Gasteiger partial charge in [0.1, 0.15) is 11.9 Å². The summed E-state index contributed by atoms with van der Waals surface area (Å²) >= 11 is 0. The first-order valence-corrected chi connectivity index (χ1v) is 6.10. The molecule has 5 nitrogen and oxygen atoms in total. The van der Waals surface area contributed by atoms with Gasteiger partial charge in [-0.05, 0) is 25.0 Å². The minimum absolute atomic E-state index is 0.137. The molecule has 1 atom stereocenters. The minimum atomic E-state index is -0.888. The Labute approximate surface area is 116 Å². The van der Waals surface area contributed by atoms with Crippen LogP contribution in [0.2, 0.25) is 0 Å². The normalized spacial score (nSPS) is 11.2. The molecule has 106 valence electrons. The van der Waals surface area contributed by atoms with Crippen LogP contribution in [0.1, 0.15) is 29.6 Å². The smallest absolute Gasteiger partial charge is 0.328 e. The predicted molar refractivity (Wildman–Crippen MR) is 69.1 cm³/mol. The molecule has 0 bridgehead atoms. The Morgan fingerprint density at radius 2 is 2.15 bits per heavy atom. The van der Waals surface area contributed by atoms with Crippen molar-refractivity contribution in [2.45, 2.75) is 25.3 Å². The van der Waals surface area contributed by atoms with Crippen LogP contribution in [0.5, 0.6) is 0 Å². The largest absolute Gasteiger partial charge is 0.467 e. The molecular weight excluding hydrogens is 263 g/mol. The van der Waals surface area contributed by atoms with E-state index >= 15 is 0 Å². The fraction of sp³-hybridized carbons (Fsp3) is 0.357. The summed E-state index contributed by atoms with van der Waals surface area (Å²) in [5, 5.41) is 10.9. The highest BCUT2D eigenvalue weighted by Gasteiger charge is 2.22. The van der Waals surface area contributed by atoms with Crippen LogP contribution < -0.4 is 5.32 Å². The molecule has 0 spiro atoms. The summed E-state index contributed by atoms with van der Waals surface area (Å²) in [7, 11) is 1.20. The monoisotopic (exact) mass is 278 g/mol. The molecule has 1 aromatic rings. The van der Waals surface area contributed by atoms with Crippen molar-refractivity contribution in [2.75, 3.05) is 7.11 Å². The molecule has 6 heteroatoms. The molecule has 0 saturated carbocycles.